The van der Waals surface area contributed by atoms with Crippen molar-refractivity contribution in [3.63, 3.8) is 0 Å². The number of rotatable bonds is 7. The zero-order chi connectivity index (χ0) is 18.9. The molecule has 6 nitrogen and oxygen atoms in total. The average molecular weight is 351 g/mol. The summed E-state index contributed by atoms with van der Waals surface area (Å²) in [6.07, 6.45) is 0.853. The van der Waals surface area contributed by atoms with E-state index in [4.69, 9.17) is 14.7 Å². The van der Waals surface area contributed by atoms with Crippen LogP contribution in [0, 0.1) is 25.2 Å². The number of nitriles is 1. The van der Waals surface area contributed by atoms with Crippen molar-refractivity contribution in [3.8, 4) is 17.6 Å². The summed E-state index contributed by atoms with van der Waals surface area (Å²) >= 11 is 0. The fourth-order valence-electron chi connectivity index (χ4n) is 2.12. The van der Waals surface area contributed by atoms with Gasteiger partial charge in [-0.25, -0.2) is 5.43 Å². The Bertz CT molecular complexity index is 823. The maximum absolute atomic E-state index is 12.1. The van der Waals surface area contributed by atoms with Crippen molar-refractivity contribution in [2.75, 3.05) is 6.61 Å². The number of hydrazone groups is 1. The highest BCUT2D eigenvalue weighted by Gasteiger charge is 2.15. The number of nitrogens with one attached hydrogen (secondary N) is 1. The van der Waals surface area contributed by atoms with Gasteiger partial charge >= 0.3 is 0 Å². The molecule has 1 amide bonds. The average Bonchev–Trinajstić information content (AvgIpc) is 2.64. The first kappa shape index (κ1) is 19.0. The van der Waals surface area contributed by atoms with E-state index < -0.39 is 6.10 Å². The van der Waals surface area contributed by atoms with Crippen LogP contribution in [0.4, 0.5) is 0 Å². The molecule has 0 saturated heterocycles. The van der Waals surface area contributed by atoms with E-state index in [1.54, 1.807) is 31.2 Å². The number of hydrogen-bond donors (Lipinski definition) is 1. The molecular weight excluding hydrogens is 330 g/mol. The van der Waals surface area contributed by atoms with Crippen molar-refractivity contribution in [1.29, 1.82) is 5.26 Å². The maximum atomic E-state index is 12.1. The number of hydrogen-bond acceptors (Lipinski definition) is 5. The highest BCUT2D eigenvalue weighted by molar-refractivity contribution is 5.84. The summed E-state index contributed by atoms with van der Waals surface area (Å²) in [6.45, 7) is 5.63. The summed E-state index contributed by atoms with van der Waals surface area (Å²) in [5.41, 5.74) is 5.37. The molecule has 0 radical (unpaired) electrons. The Balaban J connectivity index is 1.88. The van der Waals surface area contributed by atoms with Gasteiger partial charge in [0.1, 0.15) is 17.6 Å². The lowest BCUT2D eigenvalue weighted by Gasteiger charge is -2.15. The third kappa shape index (κ3) is 5.35. The molecule has 0 unspecified atom stereocenters. The van der Waals surface area contributed by atoms with Gasteiger partial charge in [0, 0.05) is 0 Å². The SMILES string of the molecule is Cc1cccc(O[C@H](C)C(=O)N/N=C\c2ccc(OCC#N)cc2)c1C. The molecular formula is C20H21N3O3. The highest BCUT2D eigenvalue weighted by atomic mass is 16.5. The number of carbonyl (C=O) groups is 1. The monoisotopic (exact) mass is 351 g/mol. The van der Waals surface area contributed by atoms with Gasteiger partial charge in [0.05, 0.1) is 6.21 Å². The van der Waals surface area contributed by atoms with Gasteiger partial charge in [-0.1, -0.05) is 12.1 Å². The van der Waals surface area contributed by atoms with Gasteiger partial charge in [0.25, 0.3) is 5.91 Å². The molecule has 2 rings (SSSR count). The second-order valence-electron chi connectivity index (χ2n) is 5.71. The number of amides is 1. The van der Waals surface area contributed by atoms with E-state index in [0.717, 1.165) is 16.7 Å². The van der Waals surface area contributed by atoms with E-state index in [1.807, 2.05) is 38.1 Å². The lowest BCUT2D eigenvalue weighted by atomic mass is 10.1. The summed E-state index contributed by atoms with van der Waals surface area (Å²) in [4.78, 5) is 12.1. The van der Waals surface area contributed by atoms with Gasteiger partial charge < -0.3 is 9.47 Å². The minimum absolute atomic E-state index is 0.00178. The molecule has 0 spiro atoms. The van der Waals surface area contributed by atoms with E-state index in [0.29, 0.717) is 11.5 Å². The van der Waals surface area contributed by atoms with Crippen molar-refractivity contribution >= 4 is 12.1 Å². The van der Waals surface area contributed by atoms with Crippen LogP contribution in [0.1, 0.15) is 23.6 Å². The Morgan fingerprint density at radius 2 is 2.00 bits per heavy atom. The van der Waals surface area contributed by atoms with Crippen molar-refractivity contribution in [3.05, 3.63) is 59.2 Å². The third-order valence-corrected chi connectivity index (χ3v) is 3.80. The molecule has 0 saturated carbocycles. The van der Waals surface area contributed by atoms with Crippen molar-refractivity contribution < 1.29 is 14.3 Å². The summed E-state index contributed by atoms with van der Waals surface area (Å²) in [5, 5.41) is 12.4. The second-order valence-corrected chi connectivity index (χ2v) is 5.71. The van der Waals surface area contributed by atoms with Crippen LogP contribution < -0.4 is 14.9 Å². The standard InChI is InChI=1S/C20H21N3O3/c1-14-5-4-6-19(15(14)2)26-16(3)20(24)23-22-13-17-7-9-18(10-8-17)25-12-11-21/h4-10,13,16H,12H2,1-3H3,(H,23,24)/b22-13-/t16-/m1/s1. The normalized spacial score (nSPS) is 11.6. The summed E-state index contributed by atoms with van der Waals surface area (Å²) in [7, 11) is 0. The molecule has 2 aromatic rings. The molecule has 2 aromatic carbocycles. The zero-order valence-electron chi connectivity index (χ0n) is 15.0. The van der Waals surface area contributed by atoms with Crippen molar-refractivity contribution in [1.82, 2.24) is 5.43 Å². The number of benzene rings is 2. The summed E-state index contributed by atoms with van der Waals surface area (Å²) in [6, 6.07) is 14.6. The second kappa shape index (κ2) is 9.23. The molecule has 0 aliphatic carbocycles. The first-order chi connectivity index (χ1) is 12.5. The Morgan fingerprint density at radius 1 is 1.27 bits per heavy atom. The molecule has 0 aromatic heterocycles. The van der Waals surface area contributed by atoms with E-state index in [1.165, 1.54) is 6.21 Å². The van der Waals surface area contributed by atoms with Crippen LogP contribution >= 0.6 is 0 Å². The third-order valence-electron chi connectivity index (χ3n) is 3.80. The summed E-state index contributed by atoms with van der Waals surface area (Å²) < 4.78 is 10.9. The van der Waals surface area contributed by atoms with Crippen LogP contribution in [0.3, 0.4) is 0 Å². The quantitative estimate of drug-likeness (QED) is 0.613. The minimum atomic E-state index is -0.672. The van der Waals surface area contributed by atoms with Gasteiger partial charge in [0.2, 0.25) is 0 Å². The molecule has 0 aliphatic heterocycles. The fraction of sp³-hybridized carbons (Fsp3) is 0.250. The predicted octanol–water partition coefficient (Wildman–Crippen LogP) is 3.12. The van der Waals surface area contributed by atoms with E-state index in [-0.39, 0.29) is 12.5 Å². The van der Waals surface area contributed by atoms with E-state index in [9.17, 15) is 4.79 Å². The largest absolute Gasteiger partial charge is 0.481 e. The zero-order valence-corrected chi connectivity index (χ0v) is 15.0. The minimum Gasteiger partial charge on any atom is -0.481 e. The number of ether oxygens (including phenoxy) is 2. The maximum Gasteiger partial charge on any atom is 0.280 e. The van der Waals surface area contributed by atoms with Crippen molar-refractivity contribution in [2.24, 2.45) is 5.10 Å². The predicted molar refractivity (Wildman–Crippen MR) is 99.3 cm³/mol. The van der Waals surface area contributed by atoms with Gasteiger partial charge in [-0.05, 0) is 67.8 Å². The molecule has 0 bridgehead atoms. The van der Waals surface area contributed by atoms with Crippen LogP contribution in [0.25, 0.3) is 0 Å². The van der Waals surface area contributed by atoms with Gasteiger partial charge in [0.15, 0.2) is 12.7 Å². The Labute approximate surface area is 153 Å². The van der Waals surface area contributed by atoms with Crippen LogP contribution in [-0.2, 0) is 4.79 Å². The lowest BCUT2D eigenvalue weighted by Crippen LogP contribution is -2.33. The van der Waals surface area contributed by atoms with Crippen LogP contribution in [0.2, 0.25) is 0 Å². The molecule has 1 N–H and O–H groups in total. The highest BCUT2D eigenvalue weighted by Crippen LogP contribution is 2.21. The van der Waals surface area contributed by atoms with Crippen LogP contribution in [-0.4, -0.2) is 24.8 Å². The van der Waals surface area contributed by atoms with E-state index >= 15 is 0 Å². The number of nitrogens with zero attached hydrogens (tertiary/aromatic N) is 2. The Kier molecular flexibility index (Phi) is 6.75. The molecule has 26 heavy (non-hydrogen) atoms. The van der Waals surface area contributed by atoms with E-state index in [2.05, 4.69) is 10.5 Å². The number of aryl methyl sites for hydroxylation is 1. The Hall–Kier alpha value is -3.33. The molecule has 0 fully saturated rings. The van der Waals surface area contributed by atoms with Gasteiger partial charge in [-0.2, -0.15) is 10.4 Å². The van der Waals surface area contributed by atoms with Crippen LogP contribution in [0.5, 0.6) is 11.5 Å². The topological polar surface area (TPSA) is 83.7 Å². The molecule has 6 heteroatoms. The lowest BCUT2D eigenvalue weighted by molar-refractivity contribution is -0.127. The first-order valence-electron chi connectivity index (χ1n) is 8.17. The van der Waals surface area contributed by atoms with Crippen LogP contribution in [0.15, 0.2) is 47.6 Å². The van der Waals surface area contributed by atoms with Gasteiger partial charge in [-0.3, -0.25) is 4.79 Å². The fourth-order valence-corrected chi connectivity index (χ4v) is 2.12. The molecule has 0 aliphatic rings. The van der Waals surface area contributed by atoms with Gasteiger partial charge in [-0.15, -0.1) is 0 Å². The molecule has 0 heterocycles. The smallest absolute Gasteiger partial charge is 0.280 e. The van der Waals surface area contributed by atoms with Crippen molar-refractivity contribution in [2.45, 2.75) is 26.9 Å². The summed E-state index contributed by atoms with van der Waals surface area (Å²) in [5.74, 6) is 0.948. The Morgan fingerprint density at radius 3 is 2.69 bits per heavy atom. The molecule has 1 atom stereocenters. The first-order valence-corrected chi connectivity index (χ1v) is 8.17. The number of carbonyl (C=O) groups excluding carboxylic acids is 1. The molecule has 134 valence electrons.